The highest BCUT2D eigenvalue weighted by molar-refractivity contribution is 6.30. The molecule has 2 saturated heterocycles. The van der Waals surface area contributed by atoms with E-state index in [1.165, 1.54) is 11.1 Å². The Morgan fingerprint density at radius 1 is 1.26 bits per heavy atom. The minimum absolute atomic E-state index is 0.198. The first-order valence-corrected chi connectivity index (χ1v) is 10.6. The lowest BCUT2D eigenvalue weighted by Crippen LogP contribution is -2.34. The van der Waals surface area contributed by atoms with Crippen LogP contribution in [-0.2, 0) is 9.47 Å². The van der Waals surface area contributed by atoms with Crippen LogP contribution < -0.4 is 15.0 Å². The van der Waals surface area contributed by atoms with Crippen LogP contribution in [0.25, 0.3) is 0 Å². The molecule has 2 aliphatic heterocycles. The highest BCUT2D eigenvalue weighted by Gasteiger charge is 2.32. The van der Waals surface area contributed by atoms with E-state index in [0.717, 1.165) is 26.1 Å². The van der Waals surface area contributed by atoms with E-state index in [1.54, 1.807) is 36.4 Å². The molecule has 164 valence electrons. The molecule has 1 aromatic heterocycles. The van der Waals surface area contributed by atoms with Gasteiger partial charge in [0.25, 0.3) is 5.91 Å². The van der Waals surface area contributed by atoms with Gasteiger partial charge in [0.05, 0.1) is 25.3 Å². The molecule has 0 aliphatic carbocycles. The smallest absolute Gasteiger partial charge is 0.414 e. The van der Waals surface area contributed by atoms with Crippen LogP contribution in [0.1, 0.15) is 23.2 Å². The van der Waals surface area contributed by atoms with Gasteiger partial charge in [-0.15, -0.1) is 0 Å². The van der Waals surface area contributed by atoms with Gasteiger partial charge in [-0.3, -0.25) is 9.69 Å². The van der Waals surface area contributed by atoms with Crippen molar-refractivity contribution in [3.05, 3.63) is 53.2 Å². The van der Waals surface area contributed by atoms with Crippen molar-refractivity contribution in [3.8, 4) is 5.88 Å². The second kappa shape index (κ2) is 9.98. The molecule has 4 rings (SSSR count). The van der Waals surface area contributed by atoms with E-state index in [-0.39, 0.29) is 12.5 Å². The summed E-state index contributed by atoms with van der Waals surface area (Å²) in [6.07, 6.45) is 2.54. The molecule has 31 heavy (non-hydrogen) atoms. The Bertz CT molecular complexity index is 918. The van der Waals surface area contributed by atoms with Crippen molar-refractivity contribution in [1.29, 1.82) is 0 Å². The Hall–Kier alpha value is -2.84. The Balaban J connectivity index is 1.24. The molecule has 0 saturated carbocycles. The zero-order valence-corrected chi connectivity index (χ0v) is 17.7. The van der Waals surface area contributed by atoms with Crippen molar-refractivity contribution in [1.82, 2.24) is 10.3 Å². The van der Waals surface area contributed by atoms with Gasteiger partial charge in [0.2, 0.25) is 5.88 Å². The number of anilines is 1. The molecule has 9 heteroatoms. The fourth-order valence-corrected chi connectivity index (χ4v) is 3.69. The molecular formula is C22H24ClN3O5. The maximum Gasteiger partial charge on any atom is 0.414 e. The number of carbonyl (C=O) groups excluding carboxylic acids is 2. The summed E-state index contributed by atoms with van der Waals surface area (Å²) in [6.45, 7) is 2.67. The maximum atomic E-state index is 12.4. The number of ether oxygens (including phenoxy) is 3. The molecule has 2 amide bonds. The fraction of sp³-hybridized carbons (Fsp3) is 0.409. The average molecular weight is 446 g/mol. The predicted octanol–water partition coefficient (Wildman–Crippen LogP) is 3.30. The second-order valence-corrected chi connectivity index (χ2v) is 7.99. The third-order valence-electron chi connectivity index (χ3n) is 5.29. The first-order valence-electron chi connectivity index (χ1n) is 10.3. The minimum atomic E-state index is -0.464. The molecule has 1 N–H and O–H groups in total. The van der Waals surface area contributed by atoms with Gasteiger partial charge in [0.1, 0.15) is 6.10 Å². The van der Waals surface area contributed by atoms with Gasteiger partial charge in [-0.25, -0.2) is 9.78 Å². The van der Waals surface area contributed by atoms with Crippen LogP contribution in [0.5, 0.6) is 5.88 Å². The molecule has 2 fully saturated rings. The Morgan fingerprint density at radius 2 is 2.10 bits per heavy atom. The van der Waals surface area contributed by atoms with Gasteiger partial charge in [0, 0.05) is 36.2 Å². The third-order valence-corrected chi connectivity index (χ3v) is 5.53. The number of amides is 2. The van der Waals surface area contributed by atoms with Crippen molar-refractivity contribution in [2.75, 3.05) is 37.8 Å². The lowest BCUT2D eigenvalue weighted by Gasteiger charge is -2.21. The predicted molar refractivity (Wildman–Crippen MR) is 115 cm³/mol. The number of hydrogen-bond donors (Lipinski definition) is 1. The molecule has 1 aromatic carbocycles. The number of halogens is 1. The molecule has 0 radical (unpaired) electrons. The van der Waals surface area contributed by atoms with Crippen molar-refractivity contribution in [2.45, 2.75) is 18.9 Å². The fourth-order valence-electron chi connectivity index (χ4n) is 3.51. The lowest BCUT2D eigenvalue weighted by molar-refractivity contribution is 0.0490. The van der Waals surface area contributed by atoms with Gasteiger partial charge < -0.3 is 19.5 Å². The number of cyclic esters (lactones) is 1. The van der Waals surface area contributed by atoms with Crippen molar-refractivity contribution >= 4 is 29.3 Å². The first kappa shape index (κ1) is 21.4. The monoisotopic (exact) mass is 445 g/mol. The number of carbonyl (C=O) groups is 2. The quantitative estimate of drug-likeness (QED) is 0.703. The number of aromatic nitrogens is 1. The molecule has 0 spiro atoms. The molecule has 1 atom stereocenters. The summed E-state index contributed by atoms with van der Waals surface area (Å²) in [6, 6.07) is 10.3. The Morgan fingerprint density at radius 3 is 2.84 bits per heavy atom. The van der Waals surface area contributed by atoms with E-state index < -0.39 is 12.2 Å². The highest BCUT2D eigenvalue weighted by Crippen LogP contribution is 2.24. The van der Waals surface area contributed by atoms with Crippen molar-refractivity contribution in [2.24, 2.45) is 5.92 Å². The summed E-state index contributed by atoms with van der Waals surface area (Å²) in [4.78, 5) is 30.3. The van der Waals surface area contributed by atoms with Gasteiger partial charge in [-0.05, 0) is 43.0 Å². The van der Waals surface area contributed by atoms with E-state index in [0.29, 0.717) is 41.2 Å². The lowest BCUT2D eigenvalue weighted by atomic mass is 10.0. The first-order chi connectivity index (χ1) is 15.1. The number of pyridine rings is 1. The third kappa shape index (κ3) is 5.65. The van der Waals surface area contributed by atoms with E-state index in [2.05, 4.69) is 10.3 Å². The van der Waals surface area contributed by atoms with Crippen LogP contribution in [0.4, 0.5) is 10.5 Å². The molecule has 2 aliphatic rings. The molecule has 0 bridgehead atoms. The molecule has 2 aromatic rings. The number of nitrogens with zero attached hydrogens (tertiary/aromatic N) is 2. The van der Waals surface area contributed by atoms with Gasteiger partial charge in [-0.2, -0.15) is 0 Å². The topological polar surface area (TPSA) is 90.0 Å². The summed E-state index contributed by atoms with van der Waals surface area (Å²) in [5, 5.41) is 3.32. The van der Waals surface area contributed by atoms with Crippen LogP contribution in [-0.4, -0.2) is 56.0 Å². The number of hydrogen-bond acceptors (Lipinski definition) is 6. The Kier molecular flexibility index (Phi) is 6.89. The van der Waals surface area contributed by atoms with Gasteiger partial charge >= 0.3 is 6.09 Å². The zero-order valence-electron chi connectivity index (χ0n) is 17.0. The SMILES string of the molecule is O=C(NC[C@@H]1CN(c2cccc(Cl)c2)C(=O)O1)c1ccc(OCC2CCOCC2)nc1. The summed E-state index contributed by atoms with van der Waals surface area (Å²) in [5.74, 6) is 0.671. The van der Waals surface area contributed by atoms with Crippen LogP contribution in [0.3, 0.4) is 0 Å². The van der Waals surface area contributed by atoms with E-state index in [4.69, 9.17) is 25.8 Å². The number of rotatable bonds is 7. The summed E-state index contributed by atoms with van der Waals surface area (Å²) in [5.41, 5.74) is 1.07. The highest BCUT2D eigenvalue weighted by atomic mass is 35.5. The maximum absolute atomic E-state index is 12.4. The normalized spacial score (nSPS) is 19.2. The van der Waals surface area contributed by atoms with Crippen LogP contribution in [0.15, 0.2) is 42.6 Å². The number of nitrogens with one attached hydrogen (secondary N) is 1. The van der Waals surface area contributed by atoms with Crippen molar-refractivity contribution in [3.63, 3.8) is 0 Å². The van der Waals surface area contributed by atoms with E-state index in [9.17, 15) is 9.59 Å². The number of benzene rings is 1. The average Bonchev–Trinajstić information content (AvgIpc) is 3.17. The summed E-state index contributed by atoms with van der Waals surface area (Å²) < 4.78 is 16.4. The van der Waals surface area contributed by atoms with Crippen LogP contribution in [0, 0.1) is 5.92 Å². The molecule has 8 nitrogen and oxygen atoms in total. The largest absolute Gasteiger partial charge is 0.477 e. The van der Waals surface area contributed by atoms with E-state index in [1.807, 2.05) is 0 Å². The summed E-state index contributed by atoms with van der Waals surface area (Å²) in [7, 11) is 0. The van der Waals surface area contributed by atoms with E-state index >= 15 is 0 Å². The van der Waals surface area contributed by atoms with Crippen molar-refractivity contribution < 1.29 is 23.8 Å². The molecule has 0 unspecified atom stereocenters. The van der Waals surface area contributed by atoms with Crippen LogP contribution in [0.2, 0.25) is 5.02 Å². The zero-order chi connectivity index (χ0) is 21.6. The molecule has 3 heterocycles. The Labute approximate surface area is 185 Å². The summed E-state index contributed by atoms with van der Waals surface area (Å²) >= 11 is 5.99. The standard InChI is InChI=1S/C22H24ClN3O5/c23-17-2-1-3-18(10-17)26-13-19(31-22(26)28)12-25-21(27)16-4-5-20(24-11-16)30-14-15-6-8-29-9-7-15/h1-5,10-11,15,19H,6-9,12-14H2,(H,25,27)/t19-/m1/s1. The van der Waals surface area contributed by atoms with Gasteiger partial charge in [-0.1, -0.05) is 17.7 Å². The van der Waals surface area contributed by atoms with Crippen LogP contribution >= 0.6 is 11.6 Å². The minimum Gasteiger partial charge on any atom is -0.477 e. The van der Waals surface area contributed by atoms with Gasteiger partial charge in [0.15, 0.2) is 0 Å². The second-order valence-electron chi connectivity index (χ2n) is 7.56. The molecular weight excluding hydrogens is 422 g/mol.